The first kappa shape index (κ1) is 8.97. The molecule has 1 nitrogen and oxygen atoms in total. The van der Waals surface area contributed by atoms with Gasteiger partial charge in [0.25, 0.3) is 0 Å². The van der Waals surface area contributed by atoms with Gasteiger partial charge in [-0.1, -0.05) is 12.2 Å². The number of nitriles is 1. The first-order valence-electron chi connectivity index (χ1n) is 3.48. The van der Waals surface area contributed by atoms with E-state index in [1.165, 1.54) is 0 Å². The van der Waals surface area contributed by atoms with Crippen LogP contribution >= 0.6 is 0 Å². The Kier molecular flexibility index (Phi) is 5.47. The molecule has 0 N–H and O–H groups in total. The summed E-state index contributed by atoms with van der Waals surface area (Å²) >= 11 is 0. The Bertz CT molecular complexity index is 141. The van der Waals surface area contributed by atoms with Crippen molar-refractivity contribution in [2.24, 2.45) is 5.92 Å². The van der Waals surface area contributed by atoms with Crippen molar-refractivity contribution in [3.63, 3.8) is 0 Å². The van der Waals surface area contributed by atoms with E-state index in [1.807, 2.05) is 6.08 Å². The third-order valence-corrected chi connectivity index (χ3v) is 1.37. The fourth-order valence-electron chi connectivity index (χ4n) is 0.717. The maximum atomic E-state index is 8.48. The molecule has 0 amide bonds. The molecule has 1 heteroatoms. The molecule has 0 rings (SSSR count). The fraction of sp³-hybridized carbons (Fsp3) is 0.444. The molecular weight excluding hydrogens is 122 g/mol. The van der Waals surface area contributed by atoms with Gasteiger partial charge in [0.1, 0.15) is 0 Å². The maximum Gasteiger partial charge on any atom is 0.0697 e. The van der Waals surface area contributed by atoms with Gasteiger partial charge in [0.15, 0.2) is 0 Å². The van der Waals surface area contributed by atoms with E-state index < -0.39 is 0 Å². The highest BCUT2D eigenvalue weighted by atomic mass is 14.3. The number of rotatable bonds is 5. The number of unbranched alkanes of at least 4 members (excludes halogenated alkanes) is 1. The summed E-state index contributed by atoms with van der Waals surface area (Å²) in [4.78, 5) is 0. The summed E-state index contributed by atoms with van der Waals surface area (Å²) in [5.41, 5.74) is 0. The van der Waals surface area contributed by atoms with Crippen LogP contribution < -0.4 is 0 Å². The van der Waals surface area contributed by atoms with E-state index in [9.17, 15) is 0 Å². The summed E-state index contributed by atoms with van der Waals surface area (Å²) in [6, 6.07) is 2.16. The van der Waals surface area contributed by atoms with Gasteiger partial charge in [0, 0.05) is 0 Å². The molecule has 1 unspecified atom stereocenters. The van der Waals surface area contributed by atoms with Crippen LogP contribution in [0.1, 0.15) is 19.3 Å². The van der Waals surface area contributed by atoms with Crippen molar-refractivity contribution in [2.75, 3.05) is 0 Å². The summed E-state index contributed by atoms with van der Waals surface area (Å²) in [5, 5.41) is 8.48. The molecule has 0 spiro atoms. The molecule has 0 radical (unpaired) electrons. The van der Waals surface area contributed by atoms with Crippen LogP contribution in [-0.2, 0) is 0 Å². The third-order valence-electron chi connectivity index (χ3n) is 1.37. The minimum Gasteiger partial charge on any atom is -0.198 e. The molecule has 0 heterocycles. The third kappa shape index (κ3) is 3.91. The fourth-order valence-corrected chi connectivity index (χ4v) is 0.717. The van der Waals surface area contributed by atoms with Gasteiger partial charge in [0.2, 0.25) is 0 Å². The van der Waals surface area contributed by atoms with Crippen LogP contribution in [-0.4, -0.2) is 0 Å². The predicted molar refractivity (Wildman–Crippen MR) is 43.3 cm³/mol. The van der Waals surface area contributed by atoms with Gasteiger partial charge in [0.05, 0.1) is 12.0 Å². The quantitative estimate of drug-likeness (QED) is 0.420. The standard InChI is InChI=1S/C9H13N/c1-3-5-6-7-9(4-2)8-10/h3-4,9H,1-2,5-7H2. The number of nitrogens with zero attached hydrogens (tertiary/aromatic N) is 1. The average molecular weight is 135 g/mol. The summed E-state index contributed by atoms with van der Waals surface area (Å²) in [5.74, 6) is 0.0277. The lowest BCUT2D eigenvalue weighted by atomic mass is 10.0. The van der Waals surface area contributed by atoms with Gasteiger partial charge in [-0.3, -0.25) is 0 Å². The van der Waals surface area contributed by atoms with Crippen molar-refractivity contribution < 1.29 is 0 Å². The maximum absolute atomic E-state index is 8.48. The van der Waals surface area contributed by atoms with Gasteiger partial charge in [-0.25, -0.2) is 0 Å². The van der Waals surface area contributed by atoms with Crippen molar-refractivity contribution in [2.45, 2.75) is 19.3 Å². The van der Waals surface area contributed by atoms with E-state index in [0.29, 0.717) is 0 Å². The minimum absolute atomic E-state index is 0.0277. The van der Waals surface area contributed by atoms with Crippen molar-refractivity contribution >= 4 is 0 Å². The summed E-state index contributed by atoms with van der Waals surface area (Å²) in [6.07, 6.45) is 6.51. The van der Waals surface area contributed by atoms with E-state index in [1.54, 1.807) is 6.08 Å². The Hall–Kier alpha value is -1.03. The molecule has 0 aromatic carbocycles. The summed E-state index contributed by atoms with van der Waals surface area (Å²) in [6.45, 7) is 7.16. The first-order valence-corrected chi connectivity index (χ1v) is 3.48. The molecule has 0 fully saturated rings. The van der Waals surface area contributed by atoms with Gasteiger partial charge < -0.3 is 0 Å². The van der Waals surface area contributed by atoms with Gasteiger partial charge in [-0.05, 0) is 19.3 Å². The second-order valence-corrected chi connectivity index (χ2v) is 2.19. The van der Waals surface area contributed by atoms with Gasteiger partial charge >= 0.3 is 0 Å². The highest BCUT2D eigenvalue weighted by Gasteiger charge is 1.98. The lowest BCUT2D eigenvalue weighted by Gasteiger charge is -1.98. The van der Waals surface area contributed by atoms with Crippen molar-refractivity contribution in [3.8, 4) is 6.07 Å². The van der Waals surface area contributed by atoms with E-state index in [0.717, 1.165) is 19.3 Å². The SMILES string of the molecule is C=CCCCC(C#N)C=C. The largest absolute Gasteiger partial charge is 0.198 e. The molecule has 0 aromatic rings. The molecule has 0 aromatic heterocycles. The Morgan fingerprint density at radius 2 is 2.20 bits per heavy atom. The van der Waals surface area contributed by atoms with Crippen molar-refractivity contribution in [1.29, 1.82) is 5.26 Å². The second-order valence-electron chi connectivity index (χ2n) is 2.19. The van der Waals surface area contributed by atoms with Gasteiger partial charge in [-0.15, -0.1) is 13.2 Å². The lowest BCUT2D eigenvalue weighted by molar-refractivity contribution is 0.672. The number of hydrogen-bond acceptors (Lipinski definition) is 1. The predicted octanol–water partition coefficient (Wildman–Crippen LogP) is 2.67. The van der Waals surface area contributed by atoms with E-state index in [-0.39, 0.29) is 5.92 Å². The average Bonchev–Trinajstić information content (AvgIpc) is 1.99. The Morgan fingerprint density at radius 3 is 2.60 bits per heavy atom. The monoisotopic (exact) mass is 135 g/mol. The Labute approximate surface area is 62.7 Å². The normalized spacial score (nSPS) is 11.5. The zero-order valence-corrected chi connectivity index (χ0v) is 6.21. The highest BCUT2D eigenvalue weighted by Crippen LogP contribution is 2.07. The molecule has 0 aliphatic rings. The molecule has 54 valence electrons. The van der Waals surface area contributed by atoms with Crippen LogP contribution in [0, 0.1) is 17.2 Å². The number of hydrogen-bond donors (Lipinski definition) is 0. The van der Waals surface area contributed by atoms with Crippen LogP contribution in [0.15, 0.2) is 25.3 Å². The zero-order chi connectivity index (χ0) is 7.82. The summed E-state index contributed by atoms with van der Waals surface area (Å²) < 4.78 is 0. The van der Waals surface area contributed by atoms with Crippen LogP contribution in [0.2, 0.25) is 0 Å². The van der Waals surface area contributed by atoms with Crippen molar-refractivity contribution in [1.82, 2.24) is 0 Å². The van der Waals surface area contributed by atoms with E-state index in [4.69, 9.17) is 5.26 Å². The first-order chi connectivity index (χ1) is 4.85. The van der Waals surface area contributed by atoms with Crippen LogP contribution in [0.3, 0.4) is 0 Å². The topological polar surface area (TPSA) is 23.8 Å². The molecule has 10 heavy (non-hydrogen) atoms. The van der Waals surface area contributed by atoms with Gasteiger partial charge in [-0.2, -0.15) is 5.26 Å². The summed E-state index contributed by atoms with van der Waals surface area (Å²) in [7, 11) is 0. The number of allylic oxidation sites excluding steroid dienone is 2. The molecule has 0 saturated heterocycles. The Balaban J connectivity index is 3.37. The van der Waals surface area contributed by atoms with Crippen LogP contribution in [0.4, 0.5) is 0 Å². The van der Waals surface area contributed by atoms with Crippen LogP contribution in [0.25, 0.3) is 0 Å². The molecule has 0 saturated carbocycles. The highest BCUT2D eigenvalue weighted by molar-refractivity contribution is 4.95. The molecule has 0 aliphatic heterocycles. The van der Waals surface area contributed by atoms with E-state index >= 15 is 0 Å². The Morgan fingerprint density at radius 1 is 1.50 bits per heavy atom. The zero-order valence-electron chi connectivity index (χ0n) is 6.21. The molecule has 1 atom stereocenters. The second kappa shape index (κ2) is 6.10. The lowest BCUT2D eigenvalue weighted by Crippen LogP contribution is -1.90. The van der Waals surface area contributed by atoms with E-state index in [2.05, 4.69) is 19.2 Å². The molecular formula is C9H13N. The molecule has 0 bridgehead atoms. The minimum atomic E-state index is 0.0277. The molecule has 0 aliphatic carbocycles. The smallest absolute Gasteiger partial charge is 0.0697 e. The van der Waals surface area contributed by atoms with Crippen molar-refractivity contribution in [3.05, 3.63) is 25.3 Å². The van der Waals surface area contributed by atoms with Crippen LogP contribution in [0.5, 0.6) is 0 Å².